The van der Waals surface area contributed by atoms with Crippen LogP contribution in [0.5, 0.6) is 0 Å². The molecule has 68 valence electrons. The summed E-state index contributed by atoms with van der Waals surface area (Å²) < 4.78 is 4.45. The Morgan fingerprint density at radius 1 is 1.33 bits per heavy atom. The molecule has 1 aromatic heterocycles. The normalized spacial score (nSPS) is 17.8. The van der Waals surface area contributed by atoms with E-state index in [9.17, 15) is 0 Å². The van der Waals surface area contributed by atoms with Crippen LogP contribution in [0.1, 0.15) is 31.7 Å². The topological polar surface area (TPSA) is 8.81 Å². The highest BCUT2D eigenvalue weighted by molar-refractivity contribution is 4.78. The fourth-order valence-electron chi connectivity index (χ4n) is 1.89. The Labute approximate surface area is 84.0 Å². The summed E-state index contributed by atoms with van der Waals surface area (Å²) in [5.74, 6) is 0. The lowest BCUT2D eigenvalue weighted by atomic mass is 10.2. The van der Waals surface area contributed by atoms with Crippen molar-refractivity contribution in [1.82, 2.24) is 4.57 Å². The lowest BCUT2D eigenvalue weighted by molar-refractivity contribution is -0.671. The fourth-order valence-corrected chi connectivity index (χ4v) is 1.89. The van der Waals surface area contributed by atoms with Gasteiger partial charge in [-0.05, 0) is 25.7 Å². The van der Waals surface area contributed by atoms with E-state index in [1.165, 1.54) is 25.7 Å². The minimum atomic E-state index is 0. The van der Waals surface area contributed by atoms with Crippen LogP contribution in [0.25, 0.3) is 0 Å². The molecule has 3 heteroatoms. The average molecular weight is 231 g/mol. The SMILES string of the molecule is C[n+]1ccn(C2CCCC2)c1.[Br-]. The Morgan fingerprint density at radius 3 is 2.50 bits per heavy atom. The highest BCUT2D eigenvalue weighted by Crippen LogP contribution is 2.28. The molecule has 0 spiro atoms. The smallest absolute Gasteiger partial charge is 0.243 e. The van der Waals surface area contributed by atoms with E-state index in [1.54, 1.807) is 0 Å². The summed E-state index contributed by atoms with van der Waals surface area (Å²) in [5, 5.41) is 0. The van der Waals surface area contributed by atoms with Gasteiger partial charge in [0, 0.05) is 0 Å². The van der Waals surface area contributed by atoms with E-state index in [1.807, 2.05) is 0 Å². The third-order valence-electron chi connectivity index (χ3n) is 2.54. The molecule has 0 aromatic carbocycles. The third kappa shape index (κ3) is 1.89. The van der Waals surface area contributed by atoms with E-state index < -0.39 is 0 Å². The molecule has 0 radical (unpaired) electrons. The first-order valence-electron chi connectivity index (χ1n) is 4.39. The lowest BCUT2D eigenvalue weighted by Crippen LogP contribution is -3.00. The number of hydrogen-bond donors (Lipinski definition) is 0. The van der Waals surface area contributed by atoms with Gasteiger partial charge < -0.3 is 17.0 Å². The number of halogens is 1. The van der Waals surface area contributed by atoms with Crippen molar-refractivity contribution in [2.24, 2.45) is 7.05 Å². The van der Waals surface area contributed by atoms with Gasteiger partial charge in [0.1, 0.15) is 18.4 Å². The van der Waals surface area contributed by atoms with Crippen molar-refractivity contribution in [3.05, 3.63) is 18.7 Å². The molecule has 1 aliphatic rings. The van der Waals surface area contributed by atoms with Crippen molar-refractivity contribution >= 4 is 0 Å². The molecular weight excluding hydrogens is 216 g/mol. The van der Waals surface area contributed by atoms with Crippen LogP contribution in [-0.4, -0.2) is 4.57 Å². The minimum absolute atomic E-state index is 0. The standard InChI is InChI=1S/C9H15N2.BrH/c1-10-6-7-11(8-10)9-4-2-3-5-9;/h6-9H,2-5H2,1H3;1H/q+1;/p-1. The van der Waals surface area contributed by atoms with Crippen molar-refractivity contribution in [2.45, 2.75) is 31.7 Å². The van der Waals surface area contributed by atoms with Gasteiger partial charge in [0.05, 0.1) is 7.05 Å². The van der Waals surface area contributed by atoms with E-state index in [-0.39, 0.29) is 17.0 Å². The Bertz CT molecular complexity index is 238. The molecule has 12 heavy (non-hydrogen) atoms. The van der Waals surface area contributed by atoms with E-state index in [0.717, 1.165) is 6.04 Å². The van der Waals surface area contributed by atoms with Crippen LogP contribution in [0.2, 0.25) is 0 Å². The monoisotopic (exact) mass is 230 g/mol. The van der Waals surface area contributed by atoms with Gasteiger partial charge in [0.2, 0.25) is 6.33 Å². The van der Waals surface area contributed by atoms with Gasteiger partial charge in [-0.15, -0.1) is 0 Å². The van der Waals surface area contributed by atoms with Gasteiger partial charge in [-0.1, -0.05) is 0 Å². The Balaban J connectivity index is 0.000000720. The highest BCUT2D eigenvalue weighted by atomic mass is 79.9. The molecule has 0 unspecified atom stereocenters. The van der Waals surface area contributed by atoms with Gasteiger partial charge in [-0.2, -0.15) is 0 Å². The van der Waals surface area contributed by atoms with Crippen molar-refractivity contribution < 1.29 is 21.5 Å². The molecule has 0 atom stereocenters. The van der Waals surface area contributed by atoms with E-state index in [4.69, 9.17) is 0 Å². The molecule has 2 nitrogen and oxygen atoms in total. The number of hydrogen-bond acceptors (Lipinski definition) is 0. The minimum Gasteiger partial charge on any atom is -1.00 e. The van der Waals surface area contributed by atoms with Gasteiger partial charge >= 0.3 is 0 Å². The van der Waals surface area contributed by atoms with Gasteiger partial charge in [-0.25, -0.2) is 9.13 Å². The van der Waals surface area contributed by atoms with Gasteiger partial charge in [-0.3, -0.25) is 0 Å². The van der Waals surface area contributed by atoms with Crippen LogP contribution in [-0.2, 0) is 7.05 Å². The molecule has 0 amide bonds. The Hall–Kier alpha value is -0.310. The van der Waals surface area contributed by atoms with Crippen molar-refractivity contribution in [2.75, 3.05) is 0 Å². The Kier molecular flexibility index (Phi) is 3.32. The molecule has 1 aromatic rings. The summed E-state index contributed by atoms with van der Waals surface area (Å²) in [6.45, 7) is 0. The zero-order chi connectivity index (χ0) is 7.68. The predicted octanol–water partition coefficient (Wildman–Crippen LogP) is -1.57. The summed E-state index contributed by atoms with van der Waals surface area (Å²) in [5.41, 5.74) is 0. The number of aryl methyl sites for hydroxylation is 1. The van der Waals surface area contributed by atoms with Crippen LogP contribution in [0.4, 0.5) is 0 Å². The van der Waals surface area contributed by atoms with Crippen LogP contribution >= 0.6 is 0 Å². The fraction of sp³-hybridized carbons (Fsp3) is 0.667. The largest absolute Gasteiger partial charge is 1.00 e. The molecule has 0 saturated heterocycles. The molecule has 1 saturated carbocycles. The first kappa shape index (κ1) is 9.78. The zero-order valence-corrected chi connectivity index (χ0v) is 9.00. The number of rotatable bonds is 1. The predicted molar refractivity (Wildman–Crippen MR) is 43.1 cm³/mol. The number of imidazole rings is 1. The van der Waals surface area contributed by atoms with Crippen LogP contribution in [0.15, 0.2) is 18.7 Å². The van der Waals surface area contributed by atoms with Gasteiger partial charge in [0.15, 0.2) is 0 Å². The molecule has 1 aliphatic carbocycles. The molecule has 0 aliphatic heterocycles. The van der Waals surface area contributed by atoms with E-state index in [0.29, 0.717) is 0 Å². The first-order chi connectivity index (χ1) is 5.36. The molecule has 1 fully saturated rings. The quantitative estimate of drug-likeness (QED) is 0.516. The van der Waals surface area contributed by atoms with Crippen LogP contribution in [0, 0.1) is 0 Å². The highest BCUT2D eigenvalue weighted by Gasteiger charge is 2.20. The second-order valence-electron chi connectivity index (χ2n) is 3.46. The summed E-state index contributed by atoms with van der Waals surface area (Å²) in [6.07, 6.45) is 12.0. The molecule has 0 bridgehead atoms. The maximum atomic E-state index is 2.34. The zero-order valence-electron chi connectivity index (χ0n) is 7.41. The first-order valence-corrected chi connectivity index (χ1v) is 4.39. The molecular formula is C9H15BrN2. The summed E-state index contributed by atoms with van der Waals surface area (Å²) in [7, 11) is 2.07. The molecule has 2 rings (SSSR count). The number of aromatic nitrogens is 2. The second-order valence-corrected chi connectivity index (χ2v) is 3.46. The van der Waals surface area contributed by atoms with Crippen LogP contribution in [0.3, 0.4) is 0 Å². The third-order valence-corrected chi connectivity index (χ3v) is 2.54. The van der Waals surface area contributed by atoms with Gasteiger partial charge in [0.25, 0.3) is 0 Å². The maximum Gasteiger partial charge on any atom is 0.243 e. The maximum absolute atomic E-state index is 2.34. The van der Waals surface area contributed by atoms with Crippen molar-refractivity contribution in [1.29, 1.82) is 0 Å². The lowest BCUT2D eigenvalue weighted by Gasteiger charge is -2.02. The molecule has 0 N–H and O–H groups in total. The molecule has 1 heterocycles. The van der Waals surface area contributed by atoms with Crippen molar-refractivity contribution in [3.63, 3.8) is 0 Å². The van der Waals surface area contributed by atoms with E-state index in [2.05, 4.69) is 34.9 Å². The summed E-state index contributed by atoms with van der Waals surface area (Å²) in [4.78, 5) is 0. The number of nitrogens with zero attached hydrogens (tertiary/aromatic N) is 2. The Morgan fingerprint density at radius 2 is 2.00 bits per heavy atom. The van der Waals surface area contributed by atoms with E-state index >= 15 is 0 Å². The summed E-state index contributed by atoms with van der Waals surface area (Å²) in [6, 6.07) is 0.788. The summed E-state index contributed by atoms with van der Waals surface area (Å²) >= 11 is 0. The second kappa shape index (κ2) is 4.08. The van der Waals surface area contributed by atoms with Crippen molar-refractivity contribution in [3.8, 4) is 0 Å². The van der Waals surface area contributed by atoms with Crippen LogP contribution < -0.4 is 21.5 Å². The average Bonchev–Trinajstić information content (AvgIpc) is 2.55.